The van der Waals surface area contributed by atoms with Gasteiger partial charge < -0.3 is 15.2 Å². The van der Waals surface area contributed by atoms with Crippen molar-refractivity contribution in [2.45, 2.75) is 27.2 Å². The summed E-state index contributed by atoms with van der Waals surface area (Å²) in [7, 11) is 0. The standard InChI is InChI=1S/C18H24FN3O.ClH/c1-4-9-20-10-11-21-18(23)17-12-13(2)22(14(17)3)16-7-5-15(19)6-8-16;/h5-8,12,20H,4,9-11H2,1-3H3,(H,21,23);1H. The molecule has 6 heteroatoms. The van der Waals surface area contributed by atoms with Crippen molar-refractivity contribution in [1.29, 1.82) is 0 Å². The zero-order chi connectivity index (χ0) is 16.8. The van der Waals surface area contributed by atoms with Crippen LogP contribution in [0, 0.1) is 19.7 Å². The van der Waals surface area contributed by atoms with Crippen molar-refractivity contribution in [2.24, 2.45) is 0 Å². The number of amides is 1. The average Bonchev–Trinajstić information content (AvgIpc) is 2.83. The van der Waals surface area contributed by atoms with Crippen molar-refractivity contribution in [3.63, 3.8) is 0 Å². The van der Waals surface area contributed by atoms with E-state index in [2.05, 4.69) is 17.6 Å². The first kappa shape index (κ1) is 20.2. The van der Waals surface area contributed by atoms with Crippen molar-refractivity contribution >= 4 is 18.3 Å². The summed E-state index contributed by atoms with van der Waals surface area (Å²) in [6, 6.07) is 8.14. The molecule has 0 aliphatic rings. The Hall–Kier alpha value is -1.85. The van der Waals surface area contributed by atoms with Crippen molar-refractivity contribution < 1.29 is 9.18 Å². The van der Waals surface area contributed by atoms with Gasteiger partial charge in [0.2, 0.25) is 0 Å². The van der Waals surface area contributed by atoms with Gasteiger partial charge in [-0.2, -0.15) is 0 Å². The van der Waals surface area contributed by atoms with E-state index >= 15 is 0 Å². The average molecular weight is 354 g/mol. The molecule has 0 aliphatic heterocycles. The molecule has 2 rings (SSSR count). The first-order valence-electron chi connectivity index (χ1n) is 7.98. The third-order valence-corrected chi connectivity index (χ3v) is 3.77. The largest absolute Gasteiger partial charge is 0.351 e. The van der Waals surface area contributed by atoms with Crippen LogP contribution in [0.1, 0.15) is 35.1 Å². The van der Waals surface area contributed by atoms with Gasteiger partial charge in [0, 0.05) is 30.2 Å². The minimum atomic E-state index is -0.270. The zero-order valence-electron chi connectivity index (χ0n) is 14.4. The van der Waals surface area contributed by atoms with Gasteiger partial charge >= 0.3 is 0 Å². The third kappa shape index (κ3) is 4.82. The molecule has 0 unspecified atom stereocenters. The van der Waals surface area contributed by atoms with E-state index in [4.69, 9.17) is 0 Å². The fraction of sp³-hybridized carbons (Fsp3) is 0.389. The second-order valence-electron chi connectivity index (χ2n) is 5.60. The fourth-order valence-corrected chi connectivity index (χ4v) is 2.64. The smallest absolute Gasteiger partial charge is 0.253 e. The fourth-order valence-electron chi connectivity index (χ4n) is 2.64. The topological polar surface area (TPSA) is 46.1 Å². The molecule has 1 aromatic carbocycles. The van der Waals surface area contributed by atoms with Crippen LogP contribution in [0.3, 0.4) is 0 Å². The van der Waals surface area contributed by atoms with Gasteiger partial charge in [0.15, 0.2) is 0 Å². The molecular weight excluding hydrogens is 329 g/mol. The van der Waals surface area contributed by atoms with Crippen LogP contribution in [-0.4, -0.2) is 30.1 Å². The Morgan fingerprint density at radius 3 is 2.42 bits per heavy atom. The lowest BCUT2D eigenvalue weighted by atomic mass is 10.2. The Labute approximate surface area is 148 Å². The van der Waals surface area contributed by atoms with Gasteiger partial charge in [0.1, 0.15) is 5.82 Å². The van der Waals surface area contributed by atoms with Crippen molar-refractivity contribution in [2.75, 3.05) is 19.6 Å². The maximum absolute atomic E-state index is 13.1. The molecule has 24 heavy (non-hydrogen) atoms. The molecule has 0 aliphatic carbocycles. The van der Waals surface area contributed by atoms with Crippen LogP contribution in [0.25, 0.3) is 5.69 Å². The summed E-state index contributed by atoms with van der Waals surface area (Å²) in [4.78, 5) is 12.3. The summed E-state index contributed by atoms with van der Waals surface area (Å²) in [5.41, 5.74) is 3.31. The van der Waals surface area contributed by atoms with E-state index in [0.29, 0.717) is 12.1 Å². The number of carbonyl (C=O) groups is 1. The van der Waals surface area contributed by atoms with Crippen LogP contribution in [0.15, 0.2) is 30.3 Å². The molecule has 1 amide bonds. The normalized spacial score (nSPS) is 10.3. The lowest BCUT2D eigenvalue weighted by molar-refractivity contribution is 0.0953. The van der Waals surface area contributed by atoms with Crippen LogP contribution in [-0.2, 0) is 0 Å². The molecule has 0 saturated heterocycles. The van der Waals surface area contributed by atoms with Crippen LogP contribution >= 0.6 is 12.4 Å². The van der Waals surface area contributed by atoms with E-state index < -0.39 is 0 Å². The first-order valence-corrected chi connectivity index (χ1v) is 7.98. The molecule has 1 heterocycles. The Bertz CT molecular complexity index is 668. The predicted octanol–water partition coefficient (Wildman–Crippen LogP) is 3.38. The predicted molar refractivity (Wildman–Crippen MR) is 97.9 cm³/mol. The highest BCUT2D eigenvalue weighted by atomic mass is 35.5. The van der Waals surface area contributed by atoms with Crippen LogP contribution in [0.4, 0.5) is 4.39 Å². The van der Waals surface area contributed by atoms with Crippen LogP contribution < -0.4 is 10.6 Å². The number of aryl methyl sites for hydroxylation is 1. The van der Waals surface area contributed by atoms with E-state index in [-0.39, 0.29) is 24.1 Å². The maximum atomic E-state index is 13.1. The number of hydrogen-bond donors (Lipinski definition) is 2. The minimum absolute atomic E-state index is 0. The van der Waals surface area contributed by atoms with Gasteiger partial charge in [-0.1, -0.05) is 6.92 Å². The highest BCUT2D eigenvalue weighted by molar-refractivity contribution is 5.95. The van der Waals surface area contributed by atoms with Gasteiger partial charge in [0.05, 0.1) is 5.56 Å². The highest BCUT2D eigenvalue weighted by Crippen LogP contribution is 2.21. The summed E-state index contributed by atoms with van der Waals surface area (Å²) in [6.45, 7) is 8.26. The molecule has 1 aromatic heterocycles. The number of benzene rings is 1. The second-order valence-corrected chi connectivity index (χ2v) is 5.60. The lowest BCUT2D eigenvalue weighted by Crippen LogP contribution is -2.32. The Morgan fingerprint density at radius 2 is 1.79 bits per heavy atom. The quantitative estimate of drug-likeness (QED) is 0.749. The van der Waals surface area contributed by atoms with E-state index in [9.17, 15) is 9.18 Å². The molecule has 0 fully saturated rings. The number of rotatable bonds is 7. The lowest BCUT2D eigenvalue weighted by Gasteiger charge is -2.10. The maximum Gasteiger partial charge on any atom is 0.253 e. The number of aromatic nitrogens is 1. The van der Waals surface area contributed by atoms with Gasteiger partial charge in [-0.25, -0.2) is 4.39 Å². The number of hydrogen-bond acceptors (Lipinski definition) is 2. The molecule has 2 aromatic rings. The SMILES string of the molecule is CCCNCCNC(=O)c1cc(C)n(-c2ccc(F)cc2)c1C.Cl. The molecule has 4 nitrogen and oxygen atoms in total. The van der Waals surface area contributed by atoms with Gasteiger partial charge in [-0.05, 0) is 57.1 Å². The molecule has 0 radical (unpaired) electrons. The summed E-state index contributed by atoms with van der Waals surface area (Å²) >= 11 is 0. The Morgan fingerprint density at radius 1 is 1.12 bits per heavy atom. The van der Waals surface area contributed by atoms with Crippen LogP contribution in [0.2, 0.25) is 0 Å². The molecule has 2 N–H and O–H groups in total. The van der Waals surface area contributed by atoms with Crippen LogP contribution in [0.5, 0.6) is 0 Å². The van der Waals surface area contributed by atoms with E-state index in [1.807, 2.05) is 24.5 Å². The monoisotopic (exact) mass is 353 g/mol. The van der Waals surface area contributed by atoms with Gasteiger partial charge in [-0.3, -0.25) is 4.79 Å². The van der Waals surface area contributed by atoms with Gasteiger partial charge in [0.25, 0.3) is 5.91 Å². The van der Waals surface area contributed by atoms with Gasteiger partial charge in [-0.15, -0.1) is 12.4 Å². The van der Waals surface area contributed by atoms with E-state index in [1.165, 1.54) is 12.1 Å². The third-order valence-electron chi connectivity index (χ3n) is 3.77. The highest BCUT2D eigenvalue weighted by Gasteiger charge is 2.16. The number of halogens is 2. The molecule has 0 atom stereocenters. The number of nitrogens with zero attached hydrogens (tertiary/aromatic N) is 1. The number of nitrogens with one attached hydrogen (secondary N) is 2. The molecular formula is C18H25ClFN3O. The molecule has 132 valence electrons. The zero-order valence-corrected chi connectivity index (χ0v) is 15.2. The first-order chi connectivity index (χ1) is 11.0. The summed E-state index contributed by atoms with van der Waals surface area (Å²) in [5.74, 6) is -0.349. The summed E-state index contributed by atoms with van der Waals surface area (Å²) in [5, 5.41) is 6.17. The second kappa shape index (κ2) is 9.45. The van der Waals surface area contributed by atoms with E-state index in [1.54, 1.807) is 12.1 Å². The van der Waals surface area contributed by atoms with E-state index in [0.717, 1.165) is 36.6 Å². The number of carbonyl (C=O) groups excluding carboxylic acids is 1. The molecule has 0 spiro atoms. The Balaban J connectivity index is 0.00000288. The minimum Gasteiger partial charge on any atom is -0.351 e. The molecule has 0 saturated carbocycles. The van der Waals surface area contributed by atoms with Crippen molar-refractivity contribution in [3.8, 4) is 5.69 Å². The van der Waals surface area contributed by atoms with Crippen molar-refractivity contribution in [1.82, 2.24) is 15.2 Å². The Kier molecular flexibility index (Phi) is 7.95. The summed E-state index contributed by atoms with van der Waals surface area (Å²) in [6.07, 6.45) is 1.08. The summed E-state index contributed by atoms with van der Waals surface area (Å²) < 4.78 is 15.0. The molecule has 0 bridgehead atoms. The van der Waals surface area contributed by atoms with Crippen molar-refractivity contribution in [3.05, 3.63) is 53.1 Å².